The molecule has 0 aliphatic heterocycles. The SMILES string of the molecule is CC(C)(C)[Si](C)(C)OC/C=C(\I)c1cn(Cc2ccccc2)cn1. The van der Waals surface area contributed by atoms with Crippen molar-refractivity contribution in [2.75, 3.05) is 6.61 Å². The standard InChI is InChI=1S/C19H27IN2OSi/c1-19(2,3)24(4,5)23-12-11-17(20)18-14-22(15-21-18)13-16-9-7-6-8-10-16/h6-11,14-15H,12-13H2,1-5H3/b17-11-. The van der Waals surface area contributed by atoms with E-state index < -0.39 is 8.32 Å². The highest BCUT2D eigenvalue weighted by atomic mass is 127. The van der Waals surface area contributed by atoms with Crippen molar-refractivity contribution in [3.8, 4) is 0 Å². The first-order chi connectivity index (χ1) is 11.2. The number of imidazole rings is 1. The van der Waals surface area contributed by atoms with E-state index in [0.29, 0.717) is 6.61 Å². The number of rotatable bonds is 6. The maximum absolute atomic E-state index is 6.21. The lowest BCUT2D eigenvalue weighted by Gasteiger charge is -2.35. The van der Waals surface area contributed by atoms with Gasteiger partial charge in [0.25, 0.3) is 0 Å². The van der Waals surface area contributed by atoms with Crippen molar-refractivity contribution in [3.63, 3.8) is 0 Å². The molecule has 1 heterocycles. The molecule has 24 heavy (non-hydrogen) atoms. The predicted molar refractivity (Wildman–Crippen MR) is 113 cm³/mol. The van der Waals surface area contributed by atoms with Crippen molar-refractivity contribution in [2.24, 2.45) is 0 Å². The molecule has 0 atom stereocenters. The quantitative estimate of drug-likeness (QED) is 0.412. The van der Waals surface area contributed by atoms with Crippen LogP contribution < -0.4 is 0 Å². The summed E-state index contributed by atoms with van der Waals surface area (Å²) in [5.41, 5.74) is 2.28. The van der Waals surface area contributed by atoms with Crippen LogP contribution in [-0.2, 0) is 11.0 Å². The molecule has 0 saturated carbocycles. The Morgan fingerprint density at radius 1 is 1.25 bits per heavy atom. The van der Waals surface area contributed by atoms with Gasteiger partial charge < -0.3 is 8.99 Å². The number of benzene rings is 1. The highest BCUT2D eigenvalue weighted by Gasteiger charge is 2.36. The van der Waals surface area contributed by atoms with Crippen LogP contribution in [0.25, 0.3) is 3.58 Å². The van der Waals surface area contributed by atoms with E-state index in [9.17, 15) is 0 Å². The van der Waals surface area contributed by atoms with E-state index in [0.717, 1.165) is 15.8 Å². The van der Waals surface area contributed by atoms with Crippen LogP contribution in [0.4, 0.5) is 0 Å². The van der Waals surface area contributed by atoms with Crippen molar-refractivity contribution in [2.45, 2.75) is 45.4 Å². The van der Waals surface area contributed by atoms with Crippen molar-refractivity contribution in [1.82, 2.24) is 9.55 Å². The lowest BCUT2D eigenvalue weighted by Crippen LogP contribution is -2.40. The summed E-state index contributed by atoms with van der Waals surface area (Å²) < 4.78 is 9.47. The number of nitrogens with zero attached hydrogens (tertiary/aromatic N) is 2. The van der Waals surface area contributed by atoms with Crippen LogP contribution in [0, 0.1) is 0 Å². The average Bonchev–Trinajstić information content (AvgIpc) is 2.95. The summed E-state index contributed by atoms with van der Waals surface area (Å²) in [5, 5.41) is 0.240. The smallest absolute Gasteiger partial charge is 0.192 e. The summed E-state index contributed by atoms with van der Waals surface area (Å²) in [5.74, 6) is 0. The highest BCUT2D eigenvalue weighted by molar-refractivity contribution is 14.1. The van der Waals surface area contributed by atoms with Crippen LogP contribution in [0.3, 0.4) is 0 Å². The molecule has 0 N–H and O–H groups in total. The summed E-state index contributed by atoms with van der Waals surface area (Å²) in [6.45, 7) is 12.8. The molecule has 1 aromatic carbocycles. The van der Waals surface area contributed by atoms with E-state index in [2.05, 4.69) is 103 Å². The van der Waals surface area contributed by atoms with Gasteiger partial charge in [0.1, 0.15) is 0 Å². The third-order valence-electron chi connectivity index (χ3n) is 4.60. The largest absolute Gasteiger partial charge is 0.413 e. The first kappa shape index (κ1) is 19.4. The number of hydrogen-bond acceptors (Lipinski definition) is 2. The average molecular weight is 454 g/mol. The zero-order valence-electron chi connectivity index (χ0n) is 15.2. The number of aromatic nitrogens is 2. The van der Waals surface area contributed by atoms with Gasteiger partial charge in [-0.3, -0.25) is 0 Å². The third kappa shape index (κ3) is 5.29. The maximum Gasteiger partial charge on any atom is 0.192 e. The third-order valence-corrected chi connectivity index (χ3v) is 10.1. The van der Waals surface area contributed by atoms with Gasteiger partial charge in [-0.2, -0.15) is 0 Å². The van der Waals surface area contributed by atoms with Crippen molar-refractivity contribution >= 4 is 34.5 Å². The zero-order valence-corrected chi connectivity index (χ0v) is 18.4. The molecule has 1 aromatic heterocycles. The maximum atomic E-state index is 6.21. The monoisotopic (exact) mass is 454 g/mol. The van der Waals surface area contributed by atoms with Crippen LogP contribution in [0.2, 0.25) is 18.1 Å². The van der Waals surface area contributed by atoms with Gasteiger partial charge in [0.15, 0.2) is 8.32 Å². The second-order valence-electron chi connectivity index (χ2n) is 7.54. The molecule has 130 valence electrons. The Hall–Kier alpha value is -0.923. The second-order valence-corrected chi connectivity index (χ2v) is 13.5. The van der Waals surface area contributed by atoms with E-state index in [1.807, 2.05) is 12.4 Å². The van der Waals surface area contributed by atoms with Crippen molar-refractivity contribution in [1.29, 1.82) is 0 Å². The number of hydrogen-bond donors (Lipinski definition) is 0. The number of halogens is 1. The van der Waals surface area contributed by atoms with E-state index in [1.54, 1.807) is 0 Å². The molecule has 0 saturated heterocycles. The fourth-order valence-electron chi connectivity index (χ4n) is 2.01. The first-order valence-electron chi connectivity index (χ1n) is 8.25. The second kappa shape index (κ2) is 7.97. The molecule has 0 aliphatic rings. The Bertz CT molecular complexity index is 687. The first-order valence-corrected chi connectivity index (χ1v) is 12.2. The van der Waals surface area contributed by atoms with Crippen LogP contribution in [-0.4, -0.2) is 24.5 Å². The van der Waals surface area contributed by atoms with Gasteiger partial charge in [-0.05, 0) is 52.4 Å². The molecule has 0 bridgehead atoms. The van der Waals surface area contributed by atoms with Crippen LogP contribution >= 0.6 is 22.6 Å². The molecule has 0 radical (unpaired) electrons. The summed E-state index contributed by atoms with van der Waals surface area (Å²) in [6, 6.07) is 10.4. The van der Waals surface area contributed by atoms with Gasteiger partial charge in [-0.25, -0.2) is 4.98 Å². The molecule has 2 rings (SSSR count). The molecule has 0 aliphatic carbocycles. The lowest BCUT2D eigenvalue weighted by atomic mass is 10.2. The molecular formula is C19H27IN2OSi. The van der Waals surface area contributed by atoms with Gasteiger partial charge in [-0.15, -0.1) is 0 Å². The topological polar surface area (TPSA) is 27.1 Å². The molecular weight excluding hydrogens is 427 g/mol. The van der Waals surface area contributed by atoms with Gasteiger partial charge in [0, 0.05) is 16.3 Å². The summed E-state index contributed by atoms with van der Waals surface area (Å²) in [4.78, 5) is 4.52. The van der Waals surface area contributed by atoms with Gasteiger partial charge >= 0.3 is 0 Å². The van der Waals surface area contributed by atoms with Crippen LogP contribution in [0.5, 0.6) is 0 Å². The fourth-order valence-corrected chi connectivity index (χ4v) is 3.40. The highest BCUT2D eigenvalue weighted by Crippen LogP contribution is 2.36. The summed E-state index contributed by atoms with van der Waals surface area (Å²) in [7, 11) is -1.69. The minimum absolute atomic E-state index is 0.240. The summed E-state index contributed by atoms with van der Waals surface area (Å²) in [6.07, 6.45) is 6.12. The molecule has 0 unspecified atom stereocenters. The Balaban J connectivity index is 1.97. The zero-order chi connectivity index (χ0) is 17.8. The van der Waals surface area contributed by atoms with Gasteiger partial charge in [0.05, 0.1) is 18.6 Å². The van der Waals surface area contributed by atoms with E-state index in [1.165, 1.54) is 5.56 Å². The minimum Gasteiger partial charge on any atom is -0.413 e. The molecule has 5 heteroatoms. The van der Waals surface area contributed by atoms with E-state index >= 15 is 0 Å². The fraction of sp³-hybridized carbons (Fsp3) is 0.421. The van der Waals surface area contributed by atoms with Crippen LogP contribution in [0.15, 0.2) is 48.9 Å². The Morgan fingerprint density at radius 2 is 1.92 bits per heavy atom. The molecule has 3 nitrogen and oxygen atoms in total. The molecule has 0 spiro atoms. The lowest BCUT2D eigenvalue weighted by molar-refractivity contribution is 0.328. The van der Waals surface area contributed by atoms with E-state index in [4.69, 9.17) is 4.43 Å². The Labute approximate surface area is 160 Å². The van der Waals surface area contributed by atoms with Gasteiger partial charge in [-0.1, -0.05) is 51.1 Å². The molecule has 0 amide bonds. The van der Waals surface area contributed by atoms with E-state index in [-0.39, 0.29) is 5.04 Å². The van der Waals surface area contributed by atoms with Crippen LogP contribution in [0.1, 0.15) is 32.0 Å². The molecule has 2 aromatic rings. The van der Waals surface area contributed by atoms with Gasteiger partial charge in [0.2, 0.25) is 0 Å². The minimum atomic E-state index is -1.69. The molecule has 0 fully saturated rings. The normalized spacial score (nSPS) is 13.3. The van der Waals surface area contributed by atoms with Crippen molar-refractivity contribution < 1.29 is 4.43 Å². The predicted octanol–water partition coefficient (Wildman–Crippen LogP) is 5.73. The van der Waals surface area contributed by atoms with Crippen molar-refractivity contribution in [3.05, 3.63) is 60.2 Å². The summed E-state index contributed by atoms with van der Waals surface area (Å²) >= 11 is 2.34. The Kier molecular flexibility index (Phi) is 6.44. The Morgan fingerprint density at radius 3 is 2.54 bits per heavy atom.